The summed E-state index contributed by atoms with van der Waals surface area (Å²) in [5.41, 5.74) is 3.44. The van der Waals surface area contributed by atoms with E-state index in [1.54, 1.807) is 6.08 Å². The largest absolute Gasteiger partial charge is 0.450 e. The first kappa shape index (κ1) is 13.9. The Bertz CT molecular complexity index is 474. The molecule has 0 radical (unpaired) electrons. The lowest BCUT2D eigenvalue weighted by Gasteiger charge is -2.17. The van der Waals surface area contributed by atoms with Crippen molar-refractivity contribution in [2.24, 2.45) is 0 Å². The van der Waals surface area contributed by atoms with Gasteiger partial charge in [-0.3, -0.25) is 0 Å². The number of hydrogen-bond acceptors (Lipinski definition) is 2. The fourth-order valence-corrected chi connectivity index (χ4v) is 2.56. The van der Waals surface area contributed by atoms with E-state index < -0.39 is 0 Å². The lowest BCUT2D eigenvalue weighted by atomic mass is 9.94. The highest BCUT2D eigenvalue weighted by molar-refractivity contribution is 5.86. The quantitative estimate of drug-likeness (QED) is 0.555. The monoisotopic (exact) mass is 258 g/mol. The molecule has 0 N–H and O–H groups in total. The Labute approximate surface area is 115 Å². The maximum Gasteiger partial charge on any atom is 0.331 e. The van der Waals surface area contributed by atoms with Gasteiger partial charge in [-0.05, 0) is 36.5 Å². The van der Waals surface area contributed by atoms with Crippen LogP contribution in [0.25, 0.3) is 0 Å². The van der Waals surface area contributed by atoms with E-state index in [-0.39, 0.29) is 12.1 Å². The van der Waals surface area contributed by atoms with Crippen LogP contribution in [0.15, 0.2) is 35.9 Å². The summed E-state index contributed by atoms with van der Waals surface area (Å²) in [5.74, 6) is -0.196. The van der Waals surface area contributed by atoms with Gasteiger partial charge in [0, 0.05) is 6.08 Å². The molecule has 2 nitrogen and oxygen atoms in total. The Hall–Kier alpha value is -1.57. The molecule has 0 aliphatic carbocycles. The van der Waals surface area contributed by atoms with Crippen molar-refractivity contribution in [3.63, 3.8) is 0 Å². The molecule has 1 aliphatic heterocycles. The molecule has 0 amide bonds. The molecule has 0 saturated heterocycles. The number of cyclic esters (lactones) is 1. The lowest BCUT2D eigenvalue weighted by molar-refractivity contribution is -0.139. The second-order valence-electron chi connectivity index (χ2n) is 5.20. The molecule has 1 aliphatic rings. The molecule has 2 heteroatoms. The van der Waals surface area contributed by atoms with E-state index >= 15 is 0 Å². The fraction of sp³-hybridized carbons (Fsp3) is 0.471. The third-order valence-electron chi connectivity index (χ3n) is 3.66. The van der Waals surface area contributed by atoms with Crippen molar-refractivity contribution in [3.8, 4) is 0 Å². The molecule has 1 unspecified atom stereocenters. The van der Waals surface area contributed by atoms with Crippen molar-refractivity contribution in [3.05, 3.63) is 47.0 Å². The molecular formula is C17H22O2. The third-order valence-corrected chi connectivity index (χ3v) is 3.66. The minimum atomic E-state index is -0.196. The Kier molecular flexibility index (Phi) is 4.78. The first-order chi connectivity index (χ1) is 9.22. The van der Waals surface area contributed by atoms with Gasteiger partial charge in [-0.15, -0.1) is 0 Å². The van der Waals surface area contributed by atoms with E-state index in [2.05, 4.69) is 26.0 Å². The molecule has 1 aromatic rings. The molecule has 1 heterocycles. The molecule has 0 fully saturated rings. The highest BCUT2D eigenvalue weighted by Crippen LogP contribution is 2.35. The lowest BCUT2D eigenvalue weighted by Crippen LogP contribution is -2.05. The van der Waals surface area contributed by atoms with Gasteiger partial charge in [0.05, 0.1) is 0 Å². The van der Waals surface area contributed by atoms with E-state index in [1.165, 1.54) is 24.8 Å². The number of benzene rings is 1. The van der Waals surface area contributed by atoms with Gasteiger partial charge in [-0.1, -0.05) is 50.5 Å². The molecule has 0 bridgehead atoms. The predicted octanol–water partition coefficient (Wildman–Crippen LogP) is 4.49. The van der Waals surface area contributed by atoms with Crippen LogP contribution >= 0.6 is 0 Å². The minimum Gasteiger partial charge on any atom is -0.450 e. The highest BCUT2D eigenvalue weighted by Gasteiger charge is 2.27. The third kappa shape index (κ3) is 3.46. The first-order valence-electron chi connectivity index (χ1n) is 7.19. The average molecular weight is 258 g/mol. The maximum absolute atomic E-state index is 11.5. The molecule has 102 valence electrons. The van der Waals surface area contributed by atoms with Crippen LogP contribution in [0.4, 0.5) is 0 Å². The van der Waals surface area contributed by atoms with Crippen molar-refractivity contribution in [1.82, 2.24) is 0 Å². The number of carbonyl (C=O) groups excluding carboxylic acids is 1. The molecule has 1 atom stereocenters. The molecule has 2 rings (SSSR count). The van der Waals surface area contributed by atoms with E-state index in [0.717, 1.165) is 24.0 Å². The van der Waals surface area contributed by atoms with Crippen molar-refractivity contribution >= 4 is 5.97 Å². The van der Waals surface area contributed by atoms with Crippen LogP contribution in [-0.4, -0.2) is 5.97 Å². The summed E-state index contributed by atoms with van der Waals surface area (Å²) < 4.78 is 5.47. The Morgan fingerprint density at radius 2 is 1.95 bits per heavy atom. The fourth-order valence-electron chi connectivity index (χ4n) is 2.56. The number of carbonyl (C=O) groups is 1. The van der Waals surface area contributed by atoms with Gasteiger partial charge in [0.15, 0.2) is 0 Å². The molecule has 0 saturated carbocycles. The van der Waals surface area contributed by atoms with Gasteiger partial charge in [0.2, 0.25) is 0 Å². The van der Waals surface area contributed by atoms with Crippen molar-refractivity contribution in [2.45, 2.75) is 52.1 Å². The minimum absolute atomic E-state index is 0.157. The van der Waals surface area contributed by atoms with Crippen LogP contribution in [0.3, 0.4) is 0 Å². The number of esters is 1. The molecule has 0 spiro atoms. The first-order valence-corrected chi connectivity index (χ1v) is 7.19. The summed E-state index contributed by atoms with van der Waals surface area (Å²) in [6, 6.07) is 8.14. The predicted molar refractivity (Wildman–Crippen MR) is 76.9 cm³/mol. The van der Waals surface area contributed by atoms with E-state index in [0.29, 0.717) is 0 Å². The topological polar surface area (TPSA) is 26.3 Å². The number of hydrogen-bond donors (Lipinski definition) is 0. The second kappa shape index (κ2) is 6.55. The van der Waals surface area contributed by atoms with Crippen molar-refractivity contribution < 1.29 is 9.53 Å². The Morgan fingerprint density at radius 1 is 1.16 bits per heavy atom. The Balaban J connectivity index is 2.06. The van der Waals surface area contributed by atoms with Gasteiger partial charge in [-0.2, -0.15) is 0 Å². The average Bonchev–Trinajstić information content (AvgIpc) is 2.76. The standard InChI is InChI=1S/C17H22O2/c1-3-4-5-6-10-14-12-16(18)19-17(14)15-11-8-7-9-13(15)2/h7-9,11-12,17H,3-6,10H2,1-2H3. The van der Waals surface area contributed by atoms with E-state index in [4.69, 9.17) is 4.74 Å². The van der Waals surface area contributed by atoms with E-state index in [1.807, 2.05) is 12.1 Å². The molecular weight excluding hydrogens is 236 g/mol. The number of unbranched alkanes of at least 4 members (excludes halogenated alkanes) is 3. The van der Waals surface area contributed by atoms with Gasteiger partial charge in [-0.25, -0.2) is 4.79 Å². The van der Waals surface area contributed by atoms with Crippen LogP contribution < -0.4 is 0 Å². The highest BCUT2D eigenvalue weighted by atomic mass is 16.5. The smallest absolute Gasteiger partial charge is 0.331 e. The normalized spacial score (nSPS) is 18.3. The summed E-state index contributed by atoms with van der Waals surface area (Å²) >= 11 is 0. The zero-order chi connectivity index (χ0) is 13.7. The van der Waals surface area contributed by atoms with Gasteiger partial charge in [0.25, 0.3) is 0 Å². The second-order valence-corrected chi connectivity index (χ2v) is 5.20. The summed E-state index contributed by atoms with van der Waals surface area (Å²) in [7, 11) is 0. The number of ether oxygens (including phenoxy) is 1. The maximum atomic E-state index is 11.5. The van der Waals surface area contributed by atoms with Crippen molar-refractivity contribution in [1.29, 1.82) is 0 Å². The van der Waals surface area contributed by atoms with Crippen LogP contribution in [0, 0.1) is 6.92 Å². The number of rotatable bonds is 6. The summed E-state index contributed by atoms with van der Waals surface area (Å²) in [6.07, 6.45) is 7.34. The van der Waals surface area contributed by atoms with Crippen molar-refractivity contribution in [2.75, 3.05) is 0 Å². The van der Waals surface area contributed by atoms with Gasteiger partial charge in [0.1, 0.15) is 6.10 Å². The molecule has 0 aromatic heterocycles. The van der Waals surface area contributed by atoms with Crippen LogP contribution in [0.2, 0.25) is 0 Å². The number of aryl methyl sites for hydroxylation is 1. The zero-order valence-electron chi connectivity index (χ0n) is 11.8. The summed E-state index contributed by atoms with van der Waals surface area (Å²) in [5, 5.41) is 0. The van der Waals surface area contributed by atoms with Crippen LogP contribution in [-0.2, 0) is 9.53 Å². The SMILES string of the molecule is CCCCCCC1=CC(=O)OC1c1ccccc1C. The summed E-state index contributed by atoms with van der Waals surface area (Å²) in [6.45, 7) is 4.27. The molecule has 19 heavy (non-hydrogen) atoms. The zero-order valence-corrected chi connectivity index (χ0v) is 11.8. The van der Waals surface area contributed by atoms with Crippen LogP contribution in [0.5, 0.6) is 0 Å². The molecule has 1 aromatic carbocycles. The summed E-state index contributed by atoms with van der Waals surface area (Å²) in [4.78, 5) is 11.5. The van der Waals surface area contributed by atoms with Gasteiger partial charge >= 0.3 is 5.97 Å². The van der Waals surface area contributed by atoms with Gasteiger partial charge < -0.3 is 4.74 Å². The van der Waals surface area contributed by atoms with E-state index in [9.17, 15) is 4.79 Å². The Morgan fingerprint density at radius 3 is 2.68 bits per heavy atom. The van der Waals surface area contributed by atoms with Crippen LogP contribution in [0.1, 0.15) is 56.3 Å².